The number of anilines is 1. The molecule has 0 bridgehead atoms. The first-order chi connectivity index (χ1) is 11.4. The molecule has 0 atom stereocenters. The van der Waals surface area contributed by atoms with Crippen molar-refractivity contribution < 1.29 is 4.79 Å². The van der Waals surface area contributed by atoms with Gasteiger partial charge in [-0.1, -0.05) is 28.1 Å². The normalized spacial score (nSPS) is 10.8. The molecule has 0 unspecified atom stereocenters. The van der Waals surface area contributed by atoms with Crippen LogP contribution in [-0.2, 0) is 18.3 Å². The lowest BCUT2D eigenvalue weighted by atomic mass is 10.2. The van der Waals surface area contributed by atoms with Crippen molar-refractivity contribution in [3.8, 4) is 10.6 Å². The molecule has 24 heavy (non-hydrogen) atoms. The number of aromatic nitrogens is 3. The summed E-state index contributed by atoms with van der Waals surface area (Å²) in [4.78, 5) is 16.9. The molecule has 2 heterocycles. The molecule has 1 aromatic carbocycles. The van der Waals surface area contributed by atoms with E-state index in [2.05, 4.69) is 31.3 Å². The molecule has 0 aliphatic heterocycles. The summed E-state index contributed by atoms with van der Waals surface area (Å²) < 4.78 is 2.77. The zero-order chi connectivity index (χ0) is 17.3. The number of nitrogens with zero attached hydrogens (tertiary/aromatic N) is 3. The molecule has 124 valence electrons. The van der Waals surface area contributed by atoms with Gasteiger partial charge < -0.3 is 5.32 Å². The van der Waals surface area contributed by atoms with Crippen LogP contribution in [0.2, 0.25) is 0 Å². The molecule has 5 nitrogen and oxygen atoms in total. The number of nitrogens with one attached hydrogen (secondary N) is 1. The van der Waals surface area contributed by atoms with E-state index in [1.807, 2.05) is 50.5 Å². The zero-order valence-corrected chi connectivity index (χ0v) is 16.0. The Balaban J connectivity index is 1.71. The van der Waals surface area contributed by atoms with E-state index < -0.39 is 0 Å². The highest BCUT2D eigenvalue weighted by atomic mass is 79.9. The first-order valence-corrected chi connectivity index (χ1v) is 9.11. The Morgan fingerprint density at radius 2 is 2.17 bits per heavy atom. The summed E-state index contributed by atoms with van der Waals surface area (Å²) >= 11 is 5.01. The molecular formula is C17H17BrN4OS. The third kappa shape index (κ3) is 3.57. The van der Waals surface area contributed by atoms with Crippen molar-refractivity contribution in [3.05, 3.63) is 51.2 Å². The molecule has 0 aliphatic rings. The minimum absolute atomic E-state index is 0.0831. The van der Waals surface area contributed by atoms with Gasteiger partial charge in [0.2, 0.25) is 5.91 Å². The number of thiazole rings is 1. The van der Waals surface area contributed by atoms with Crippen LogP contribution >= 0.6 is 27.3 Å². The van der Waals surface area contributed by atoms with E-state index in [1.54, 1.807) is 16.0 Å². The fourth-order valence-corrected chi connectivity index (χ4v) is 3.66. The fraction of sp³-hybridized carbons (Fsp3) is 0.235. The van der Waals surface area contributed by atoms with E-state index in [1.165, 1.54) is 0 Å². The number of hydrogen-bond donors (Lipinski definition) is 1. The Labute approximate surface area is 152 Å². The first kappa shape index (κ1) is 16.9. The largest absolute Gasteiger partial charge is 0.323 e. The highest BCUT2D eigenvalue weighted by Crippen LogP contribution is 2.26. The van der Waals surface area contributed by atoms with Gasteiger partial charge >= 0.3 is 0 Å². The van der Waals surface area contributed by atoms with Crippen LogP contribution in [0.5, 0.6) is 0 Å². The van der Waals surface area contributed by atoms with Crippen LogP contribution in [0.3, 0.4) is 0 Å². The van der Waals surface area contributed by atoms with Gasteiger partial charge in [-0.05, 0) is 26.0 Å². The smallest absolute Gasteiger partial charge is 0.230 e. The summed E-state index contributed by atoms with van der Waals surface area (Å²) in [7, 11) is 1.86. The predicted molar refractivity (Wildman–Crippen MR) is 100 cm³/mol. The van der Waals surface area contributed by atoms with Gasteiger partial charge in [0, 0.05) is 22.5 Å². The molecule has 0 saturated carbocycles. The second-order valence-electron chi connectivity index (χ2n) is 5.55. The summed E-state index contributed by atoms with van der Waals surface area (Å²) in [5.74, 6) is -0.0831. The lowest BCUT2D eigenvalue weighted by Crippen LogP contribution is -2.15. The maximum Gasteiger partial charge on any atom is 0.230 e. The summed E-state index contributed by atoms with van der Waals surface area (Å²) in [5.41, 5.74) is 4.35. The number of rotatable bonds is 4. The van der Waals surface area contributed by atoms with Gasteiger partial charge in [0.05, 0.1) is 29.2 Å². The predicted octanol–water partition coefficient (Wildman–Crippen LogP) is 4.10. The Bertz CT molecular complexity index is 900. The van der Waals surface area contributed by atoms with Crippen molar-refractivity contribution in [2.75, 3.05) is 5.32 Å². The SMILES string of the molecule is Cc1nn(C)c(C)c1NC(=O)Cc1csc(-c2cccc(Br)c2)n1. The topological polar surface area (TPSA) is 59.8 Å². The number of amides is 1. The first-order valence-electron chi connectivity index (χ1n) is 7.44. The molecular weight excluding hydrogens is 388 g/mol. The Hall–Kier alpha value is -1.99. The minimum Gasteiger partial charge on any atom is -0.323 e. The van der Waals surface area contributed by atoms with E-state index in [0.29, 0.717) is 0 Å². The van der Waals surface area contributed by atoms with E-state index in [9.17, 15) is 4.79 Å². The molecule has 1 N–H and O–H groups in total. The van der Waals surface area contributed by atoms with Crippen LogP contribution < -0.4 is 5.32 Å². The van der Waals surface area contributed by atoms with Crippen LogP contribution in [0, 0.1) is 13.8 Å². The maximum absolute atomic E-state index is 12.3. The number of carbonyl (C=O) groups excluding carboxylic acids is 1. The summed E-state index contributed by atoms with van der Waals surface area (Å²) in [6.45, 7) is 3.82. The molecule has 0 saturated heterocycles. The standard InChI is InChI=1S/C17H17BrN4OS/c1-10-16(11(2)22(3)21-10)20-15(23)8-14-9-24-17(19-14)12-5-4-6-13(18)7-12/h4-7,9H,8H2,1-3H3,(H,20,23). The number of carbonyl (C=O) groups is 1. The van der Waals surface area contributed by atoms with Gasteiger partial charge in [0.1, 0.15) is 5.01 Å². The molecule has 3 rings (SSSR count). The zero-order valence-electron chi connectivity index (χ0n) is 13.6. The molecule has 0 fully saturated rings. The monoisotopic (exact) mass is 404 g/mol. The van der Waals surface area contributed by atoms with Gasteiger partial charge in [0.25, 0.3) is 0 Å². The van der Waals surface area contributed by atoms with E-state index in [-0.39, 0.29) is 12.3 Å². The number of halogens is 1. The summed E-state index contributed by atoms with van der Waals surface area (Å²) in [6.07, 6.45) is 0.248. The summed E-state index contributed by atoms with van der Waals surface area (Å²) in [5, 5.41) is 10.1. The molecule has 2 aromatic heterocycles. The molecule has 7 heteroatoms. The van der Waals surface area contributed by atoms with Crippen molar-refractivity contribution in [2.45, 2.75) is 20.3 Å². The summed E-state index contributed by atoms with van der Waals surface area (Å²) in [6, 6.07) is 7.98. The quantitative estimate of drug-likeness (QED) is 0.711. The second kappa shape index (κ2) is 6.86. The highest BCUT2D eigenvalue weighted by Gasteiger charge is 2.14. The fourth-order valence-electron chi connectivity index (χ4n) is 2.44. The average Bonchev–Trinajstić information content (AvgIpc) is 3.08. The third-order valence-corrected chi connectivity index (χ3v) is 5.17. The number of aryl methyl sites for hydroxylation is 2. The number of hydrogen-bond acceptors (Lipinski definition) is 4. The second-order valence-corrected chi connectivity index (χ2v) is 7.32. The molecule has 0 aliphatic carbocycles. The van der Waals surface area contributed by atoms with Crippen molar-refractivity contribution >= 4 is 38.9 Å². The van der Waals surface area contributed by atoms with Crippen LogP contribution in [-0.4, -0.2) is 20.7 Å². The van der Waals surface area contributed by atoms with Crippen LogP contribution in [0.1, 0.15) is 17.1 Å². The van der Waals surface area contributed by atoms with E-state index >= 15 is 0 Å². The molecule has 0 spiro atoms. The Kier molecular flexibility index (Phi) is 4.82. The van der Waals surface area contributed by atoms with Gasteiger partial charge in [-0.3, -0.25) is 9.48 Å². The van der Waals surface area contributed by atoms with Crippen LogP contribution in [0.25, 0.3) is 10.6 Å². The average molecular weight is 405 g/mol. The molecule has 1 amide bonds. The van der Waals surface area contributed by atoms with E-state index in [4.69, 9.17) is 0 Å². The Morgan fingerprint density at radius 1 is 1.38 bits per heavy atom. The van der Waals surface area contributed by atoms with Crippen LogP contribution in [0.4, 0.5) is 5.69 Å². The van der Waals surface area contributed by atoms with Crippen molar-refractivity contribution in [1.82, 2.24) is 14.8 Å². The van der Waals surface area contributed by atoms with Gasteiger partial charge in [0.15, 0.2) is 0 Å². The van der Waals surface area contributed by atoms with Crippen molar-refractivity contribution in [2.24, 2.45) is 7.05 Å². The lowest BCUT2D eigenvalue weighted by molar-refractivity contribution is -0.115. The maximum atomic E-state index is 12.3. The Morgan fingerprint density at radius 3 is 2.83 bits per heavy atom. The van der Waals surface area contributed by atoms with Crippen molar-refractivity contribution in [1.29, 1.82) is 0 Å². The van der Waals surface area contributed by atoms with Gasteiger partial charge in [-0.15, -0.1) is 11.3 Å². The van der Waals surface area contributed by atoms with Crippen LogP contribution in [0.15, 0.2) is 34.1 Å². The van der Waals surface area contributed by atoms with E-state index in [0.717, 1.165) is 37.8 Å². The number of benzene rings is 1. The minimum atomic E-state index is -0.0831. The third-order valence-electron chi connectivity index (χ3n) is 3.74. The van der Waals surface area contributed by atoms with Crippen molar-refractivity contribution in [3.63, 3.8) is 0 Å². The molecule has 3 aromatic rings. The molecule has 0 radical (unpaired) electrons. The lowest BCUT2D eigenvalue weighted by Gasteiger charge is -2.04. The van der Waals surface area contributed by atoms with Gasteiger partial charge in [-0.2, -0.15) is 5.10 Å². The highest BCUT2D eigenvalue weighted by molar-refractivity contribution is 9.10. The van der Waals surface area contributed by atoms with Gasteiger partial charge in [-0.25, -0.2) is 4.98 Å².